The van der Waals surface area contributed by atoms with Crippen LogP contribution in [-0.4, -0.2) is 29.2 Å². The van der Waals surface area contributed by atoms with Crippen LogP contribution in [0.1, 0.15) is 5.56 Å². The van der Waals surface area contributed by atoms with Gasteiger partial charge in [-0.2, -0.15) is 0 Å². The molecule has 0 radical (unpaired) electrons. The highest BCUT2D eigenvalue weighted by molar-refractivity contribution is 5.95. The van der Waals surface area contributed by atoms with Crippen molar-refractivity contribution in [3.8, 4) is 5.75 Å². The van der Waals surface area contributed by atoms with E-state index in [1.807, 2.05) is 0 Å². The molecular formula is C12H13NO5. The lowest BCUT2D eigenvalue weighted by atomic mass is 10.2. The number of ether oxygens (including phenoxy) is 1. The van der Waals surface area contributed by atoms with Crippen molar-refractivity contribution in [2.24, 2.45) is 0 Å². The third-order valence-corrected chi connectivity index (χ3v) is 2.13. The van der Waals surface area contributed by atoms with Crippen LogP contribution in [0.2, 0.25) is 0 Å². The molecule has 0 aliphatic carbocycles. The Morgan fingerprint density at radius 2 is 2.00 bits per heavy atom. The summed E-state index contributed by atoms with van der Waals surface area (Å²) in [6, 6.07) is 7.08. The number of methoxy groups -OCH3 is 1. The molecule has 0 aliphatic heterocycles. The summed E-state index contributed by atoms with van der Waals surface area (Å²) in [6.07, 6.45) is 0.609. The molecule has 1 aromatic carbocycles. The summed E-state index contributed by atoms with van der Waals surface area (Å²) in [4.78, 5) is 21.6. The molecule has 96 valence electrons. The molecule has 0 atom stereocenters. The number of nitrogens with one attached hydrogen (secondary N) is 1. The lowest BCUT2D eigenvalue weighted by molar-refractivity contribution is -0.136. The molecule has 0 aliphatic rings. The number of aliphatic hydroxyl groups excluding tert-OH is 1. The molecule has 0 spiro atoms. The second-order valence-corrected chi connectivity index (χ2v) is 3.36. The lowest BCUT2D eigenvalue weighted by Gasteiger charge is -2.08. The van der Waals surface area contributed by atoms with Gasteiger partial charge >= 0.3 is 5.97 Å². The van der Waals surface area contributed by atoms with E-state index in [9.17, 15) is 9.59 Å². The molecule has 18 heavy (non-hydrogen) atoms. The Hall–Kier alpha value is -2.50. The topological polar surface area (TPSA) is 95.9 Å². The first kappa shape index (κ1) is 13.6. The number of aliphatic carboxylic acids is 1. The molecule has 0 heterocycles. The molecule has 0 aromatic heterocycles. The quantitative estimate of drug-likeness (QED) is 0.532. The Labute approximate surface area is 104 Å². The van der Waals surface area contributed by atoms with Crippen LogP contribution < -0.4 is 10.1 Å². The van der Waals surface area contributed by atoms with E-state index in [0.717, 1.165) is 5.56 Å². The number of aliphatic hydroxyl groups is 1. The van der Waals surface area contributed by atoms with Crippen LogP contribution in [0.4, 0.5) is 0 Å². The van der Waals surface area contributed by atoms with Gasteiger partial charge in [-0.25, -0.2) is 4.79 Å². The maximum atomic E-state index is 11.3. The van der Waals surface area contributed by atoms with Crippen LogP contribution in [-0.2, 0) is 16.1 Å². The van der Waals surface area contributed by atoms with Crippen LogP contribution in [0.3, 0.4) is 0 Å². The van der Waals surface area contributed by atoms with Gasteiger partial charge in [0.2, 0.25) is 11.7 Å². The standard InChI is InChI=1S/C12H13NO5/c1-18-10-5-3-2-4-8(10)7-13-11(15)6-9(14)12(16)17/h2-6,14H,7H2,1H3,(H,13,15)(H,16,17)/b9-6-. The summed E-state index contributed by atoms with van der Waals surface area (Å²) < 4.78 is 5.09. The van der Waals surface area contributed by atoms with Crippen LogP contribution in [0.25, 0.3) is 0 Å². The summed E-state index contributed by atoms with van der Waals surface area (Å²) in [6.45, 7) is 0.173. The van der Waals surface area contributed by atoms with E-state index in [4.69, 9.17) is 14.9 Å². The average Bonchev–Trinajstić information content (AvgIpc) is 2.36. The Bertz CT molecular complexity index is 481. The number of hydrogen-bond acceptors (Lipinski definition) is 4. The minimum atomic E-state index is -1.55. The maximum Gasteiger partial charge on any atom is 0.371 e. The van der Waals surface area contributed by atoms with Gasteiger partial charge in [0.25, 0.3) is 0 Å². The van der Waals surface area contributed by atoms with Crippen LogP contribution in [0.5, 0.6) is 5.75 Å². The fourth-order valence-electron chi connectivity index (χ4n) is 1.27. The highest BCUT2D eigenvalue weighted by atomic mass is 16.5. The van der Waals surface area contributed by atoms with Gasteiger partial charge in [-0.1, -0.05) is 18.2 Å². The fraction of sp³-hybridized carbons (Fsp3) is 0.167. The average molecular weight is 251 g/mol. The zero-order chi connectivity index (χ0) is 13.5. The van der Waals surface area contributed by atoms with E-state index >= 15 is 0 Å². The first-order valence-electron chi connectivity index (χ1n) is 5.08. The number of para-hydroxylation sites is 1. The summed E-state index contributed by atoms with van der Waals surface area (Å²) in [5.74, 6) is -2.64. The number of hydrogen-bond donors (Lipinski definition) is 3. The second-order valence-electron chi connectivity index (χ2n) is 3.36. The molecule has 6 heteroatoms. The smallest absolute Gasteiger partial charge is 0.371 e. The van der Waals surface area contributed by atoms with Crippen molar-refractivity contribution in [2.45, 2.75) is 6.54 Å². The van der Waals surface area contributed by atoms with Crippen LogP contribution >= 0.6 is 0 Å². The van der Waals surface area contributed by atoms with Gasteiger partial charge in [0.05, 0.1) is 13.2 Å². The molecule has 1 amide bonds. The second kappa shape index (κ2) is 6.29. The number of carboxylic acid groups (broad SMARTS) is 1. The third-order valence-electron chi connectivity index (χ3n) is 2.13. The third kappa shape index (κ3) is 3.82. The van der Waals surface area contributed by atoms with Crippen molar-refractivity contribution in [1.82, 2.24) is 5.32 Å². The molecule has 0 fully saturated rings. The summed E-state index contributed by atoms with van der Waals surface area (Å²) in [5, 5.41) is 19.7. The van der Waals surface area contributed by atoms with Gasteiger partial charge < -0.3 is 20.3 Å². The minimum absolute atomic E-state index is 0.173. The van der Waals surface area contributed by atoms with Crippen molar-refractivity contribution in [3.63, 3.8) is 0 Å². The summed E-state index contributed by atoms with van der Waals surface area (Å²) >= 11 is 0. The zero-order valence-electron chi connectivity index (χ0n) is 9.71. The van der Waals surface area contributed by atoms with Gasteiger partial charge in [0.15, 0.2) is 0 Å². The highest BCUT2D eigenvalue weighted by Gasteiger charge is 2.08. The normalized spacial score (nSPS) is 10.8. The Morgan fingerprint density at radius 1 is 1.33 bits per heavy atom. The number of carbonyl (C=O) groups excluding carboxylic acids is 1. The predicted molar refractivity (Wildman–Crippen MR) is 63.2 cm³/mol. The number of carbonyl (C=O) groups is 2. The molecule has 0 saturated carbocycles. The van der Waals surface area contributed by atoms with Gasteiger partial charge in [0.1, 0.15) is 5.75 Å². The number of amides is 1. The predicted octanol–water partition coefficient (Wildman–Crippen LogP) is 0.838. The molecule has 3 N–H and O–H groups in total. The van der Waals surface area contributed by atoms with Crippen molar-refractivity contribution < 1.29 is 24.5 Å². The zero-order valence-corrected chi connectivity index (χ0v) is 9.71. The highest BCUT2D eigenvalue weighted by Crippen LogP contribution is 2.16. The lowest BCUT2D eigenvalue weighted by Crippen LogP contribution is -2.22. The number of carboxylic acids is 1. The first-order chi connectivity index (χ1) is 8.54. The largest absolute Gasteiger partial charge is 0.502 e. The van der Waals surface area contributed by atoms with Crippen molar-refractivity contribution in [1.29, 1.82) is 0 Å². The molecule has 6 nitrogen and oxygen atoms in total. The molecule has 0 saturated heterocycles. The molecule has 0 bridgehead atoms. The Kier molecular flexibility index (Phi) is 4.74. The van der Waals surface area contributed by atoms with E-state index in [0.29, 0.717) is 11.8 Å². The van der Waals surface area contributed by atoms with E-state index in [1.165, 1.54) is 7.11 Å². The molecular weight excluding hydrogens is 238 g/mol. The number of benzene rings is 1. The Morgan fingerprint density at radius 3 is 2.61 bits per heavy atom. The minimum Gasteiger partial charge on any atom is -0.502 e. The van der Waals surface area contributed by atoms with E-state index in [1.54, 1.807) is 24.3 Å². The monoisotopic (exact) mass is 251 g/mol. The molecule has 1 aromatic rings. The van der Waals surface area contributed by atoms with Gasteiger partial charge in [0, 0.05) is 12.1 Å². The van der Waals surface area contributed by atoms with Crippen molar-refractivity contribution >= 4 is 11.9 Å². The fourth-order valence-corrected chi connectivity index (χ4v) is 1.27. The summed E-state index contributed by atoms with van der Waals surface area (Å²) in [7, 11) is 1.51. The molecule has 1 rings (SSSR count). The van der Waals surface area contributed by atoms with E-state index in [-0.39, 0.29) is 6.54 Å². The van der Waals surface area contributed by atoms with Gasteiger partial charge in [-0.05, 0) is 6.07 Å². The van der Waals surface area contributed by atoms with Crippen LogP contribution in [0, 0.1) is 0 Å². The summed E-state index contributed by atoms with van der Waals surface area (Å²) in [5.41, 5.74) is 0.747. The van der Waals surface area contributed by atoms with E-state index in [2.05, 4.69) is 5.32 Å². The van der Waals surface area contributed by atoms with E-state index < -0.39 is 17.6 Å². The maximum absolute atomic E-state index is 11.3. The first-order valence-corrected chi connectivity index (χ1v) is 5.08. The van der Waals surface area contributed by atoms with Crippen molar-refractivity contribution in [3.05, 3.63) is 41.7 Å². The van der Waals surface area contributed by atoms with Crippen LogP contribution in [0.15, 0.2) is 36.1 Å². The van der Waals surface area contributed by atoms with Gasteiger partial charge in [-0.3, -0.25) is 4.79 Å². The van der Waals surface area contributed by atoms with Gasteiger partial charge in [-0.15, -0.1) is 0 Å². The SMILES string of the molecule is COc1ccccc1CNC(=O)/C=C(\O)C(=O)O. The number of rotatable bonds is 5. The molecule has 0 unspecified atom stereocenters. The Balaban J connectivity index is 2.63. The van der Waals surface area contributed by atoms with Crippen molar-refractivity contribution in [2.75, 3.05) is 7.11 Å².